The molecular formula is C20H26N6O3. The Hall–Kier alpha value is -3.07. The van der Waals surface area contributed by atoms with Crippen LogP contribution in [0.2, 0.25) is 0 Å². The zero-order valence-electron chi connectivity index (χ0n) is 16.6. The summed E-state index contributed by atoms with van der Waals surface area (Å²) in [4.78, 5) is 27.9. The lowest BCUT2D eigenvalue weighted by molar-refractivity contribution is 0.122. The molecule has 9 nitrogen and oxygen atoms in total. The predicted molar refractivity (Wildman–Crippen MR) is 111 cm³/mol. The zero-order valence-corrected chi connectivity index (χ0v) is 16.6. The van der Waals surface area contributed by atoms with Crippen molar-refractivity contribution in [3.8, 4) is 5.75 Å². The molecule has 3 heterocycles. The monoisotopic (exact) mass is 398 g/mol. The summed E-state index contributed by atoms with van der Waals surface area (Å²) in [5.74, 6) is 2.35. The largest absolute Gasteiger partial charge is 0.497 e. The second-order valence-corrected chi connectivity index (χ2v) is 6.95. The summed E-state index contributed by atoms with van der Waals surface area (Å²) in [5.41, 5.74) is 0.725. The predicted octanol–water partition coefficient (Wildman–Crippen LogP) is 1.68. The summed E-state index contributed by atoms with van der Waals surface area (Å²) < 4.78 is 10.6. The van der Waals surface area contributed by atoms with E-state index in [9.17, 15) is 4.79 Å². The number of nitrogens with zero attached hydrogens (tertiary/aromatic N) is 5. The molecule has 0 unspecified atom stereocenters. The van der Waals surface area contributed by atoms with Crippen LogP contribution in [-0.4, -0.2) is 80.5 Å². The number of piperazine rings is 1. The minimum Gasteiger partial charge on any atom is -0.497 e. The van der Waals surface area contributed by atoms with Gasteiger partial charge in [0.25, 0.3) is 0 Å². The van der Waals surface area contributed by atoms with Gasteiger partial charge >= 0.3 is 6.03 Å². The number of carbonyl (C=O) groups excluding carboxylic acids is 1. The Morgan fingerprint density at radius 2 is 1.86 bits per heavy atom. The van der Waals surface area contributed by atoms with E-state index in [1.165, 1.54) is 0 Å². The first-order valence-electron chi connectivity index (χ1n) is 9.83. The summed E-state index contributed by atoms with van der Waals surface area (Å²) in [5, 5.41) is 2.94. The maximum Gasteiger partial charge on any atom is 0.321 e. The van der Waals surface area contributed by atoms with Gasteiger partial charge in [-0.25, -0.2) is 9.78 Å². The topological polar surface area (TPSA) is 83.1 Å². The van der Waals surface area contributed by atoms with Crippen molar-refractivity contribution in [3.63, 3.8) is 0 Å². The van der Waals surface area contributed by atoms with Crippen LogP contribution in [0.5, 0.6) is 5.75 Å². The van der Waals surface area contributed by atoms with Crippen molar-refractivity contribution in [2.45, 2.75) is 0 Å². The highest BCUT2D eigenvalue weighted by Gasteiger charge is 2.23. The third-order valence-electron chi connectivity index (χ3n) is 5.13. The van der Waals surface area contributed by atoms with Gasteiger partial charge in [-0.1, -0.05) is 6.07 Å². The van der Waals surface area contributed by atoms with E-state index in [2.05, 4.69) is 20.1 Å². The summed E-state index contributed by atoms with van der Waals surface area (Å²) in [6, 6.07) is 9.19. The number of nitrogens with one attached hydrogen (secondary N) is 1. The molecule has 2 aliphatic heterocycles. The Kier molecular flexibility index (Phi) is 5.95. The van der Waals surface area contributed by atoms with Crippen LogP contribution < -0.4 is 19.9 Å². The lowest BCUT2D eigenvalue weighted by Crippen LogP contribution is -2.50. The standard InChI is InChI=1S/C20H26N6O3/c1-28-17-4-2-3-16(15-17)22-20(27)26-9-7-24(8-10-26)18-5-6-21-19(23-18)25-11-13-29-14-12-25/h2-6,15H,7-14H2,1H3,(H,22,27). The molecular weight excluding hydrogens is 372 g/mol. The number of urea groups is 1. The summed E-state index contributed by atoms with van der Waals surface area (Å²) in [6.07, 6.45) is 1.80. The van der Waals surface area contributed by atoms with Crippen molar-refractivity contribution in [2.24, 2.45) is 0 Å². The second kappa shape index (κ2) is 8.95. The first kappa shape index (κ1) is 19.3. The van der Waals surface area contributed by atoms with Gasteiger partial charge in [-0.05, 0) is 18.2 Å². The fourth-order valence-electron chi connectivity index (χ4n) is 3.47. The number of methoxy groups -OCH3 is 1. The molecule has 4 rings (SSSR count). The minimum absolute atomic E-state index is 0.102. The van der Waals surface area contributed by atoms with Crippen molar-refractivity contribution in [3.05, 3.63) is 36.5 Å². The minimum atomic E-state index is -0.102. The second-order valence-electron chi connectivity index (χ2n) is 6.95. The summed E-state index contributed by atoms with van der Waals surface area (Å²) in [7, 11) is 1.61. The number of ether oxygens (including phenoxy) is 2. The number of rotatable bonds is 4. The van der Waals surface area contributed by atoms with Gasteiger partial charge in [0.1, 0.15) is 11.6 Å². The number of aromatic nitrogens is 2. The maximum absolute atomic E-state index is 12.6. The van der Waals surface area contributed by atoms with E-state index in [0.717, 1.165) is 43.6 Å². The van der Waals surface area contributed by atoms with Gasteiger partial charge < -0.3 is 29.5 Å². The SMILES string of the molecule is COc1cccc(NC(=O)N2CCN(c3ccnc(N4CCOCC4)n3)CC2)c1. The quantitative estimate of drug-likeness (QED) is 0.839. The van der Waals surface area contributed by atoms with Crippen LogP contribution in [0.4, 0.5) is 22.2 Å². The van der Waals surface area contributed by atoms with E-state index in [1.54, 1.807) is 13.3 Å². The van der Waals surface area contributed by atoms with Gasteiger partial charge in [-0.2, -0.15) is 4.98 Å². The van der Waals surface area contributed by atoms with Gasteiger partial charge in [0, 0.05) is 57.2 Å². The number of anilines is 3. The number of hydrogen-bond donors (Lipinski definition) is 1. The van der Waals surface area contributed by atoms with Crippen molar-refractivity contribution in [2.75, 3.05) is 74.7 Å². The van der Waals surface area contributed by atoms with Crippen LogP contribution in [0.25, 0.3) is 0 Å². The first-order valence-corrected chi connectivity index (χ1v) is 9.83. The zero-order chi connectivity index (χ0) is 20.1. The molecule has 0 saturated carbocycles. The van der Waals surface area contributed by atoms with E-state index in [0.29, 0.717) is 32.1 Å². The van der Waals surface area contributed by atoms with E-state index in [-0.39, 0.29) is 6.03 Å². The van der Waals surface area contributed by atoms with Gasteiger partial charge in [0.05, 0.1) is 20.3 Å². The average Bonchev–Trinajstić information content (AvgIpc) is 2.80. The molecule has 2 amide bonds. The number of morpholine rings is 1. The molecule has 0 spiro atoms. The summed E-state index contributed by atoms with van der Waals surface area (Å²) in [6.45, 7) is 5.74. The number of hydrogen-bond acceptors (Lipinski definition) is 7. The molecule has 0 aliphatic carbocycles. The number of carbonyl (C=O) groups is 1. The van der Waals surface area contributed by atoms with E-state index >= 15 is 0 Å². The molecule has 2 aliphatic rings. The molecule has 2 fully saturated rings. The number of amides is 2. The highest BCUT2D eigenvalue weighted by Crippen LogP contribution is 2.19. The van der Waals surface area contributed by atoms with Crippen molar-refractivity contribution in [1.29, 1.82) is 0 Å². The van der Waals surface area contributed by atoms with Crippen LogP contribution in [0.1, 0.15) is 0 Å². The lowest BCUT2D eigenvalue weighted by Gasteiger charge is -2.35. The normalized spacial score (nSPS) is 17.2. The third-order valence-corrected chi connectivity index (χ3v) is 5.13. The molecule has 1 aromatic heterocycles. The van der Waals surface area contributed by atoms with Gasteiger partial charge in [0.15, 0.2) is 0 Å². The van der Waals surface area contributed by atoms with E-state index < -0.39 is 0 Å². The van der Waals surface area contributed by atoms with Crippen molar-refractivity contribution >= 4 is 23.5 Å². The molecule has 0 radical (unpaired) electrons. The van der Waals surface area contributed by atoms with E-state index in [4.69, 9.17) is 14.5 Å². The Morgan fingerprint density at radius 1 is 1.07 bits per heavy atom. The fraction of sp³-hybridized carbons (Fsp3) is 0.450. The lowest BCUT2D eigenvalue weighted by atomic mass is 10.3. The highest BCUT2D eigenvalue weighted by atomic mass is 16.5. The molecule has 0 atom stereocenters. The smallest absolute Gasteiger partial charge is 0.321 e. The van der Waals surface area contributed by atoms with Crippen LogP contribution in [0.15, 0.2) is 36.5 Å². The van der Waals surface area contributed by atoms with Crippen LogP contribution in [0, 0.1) is 0 Å². The molecule has 1 N–H and O–H groups in total. The van der Waals surface area contributed by atoms with Crippen molar-refractivity contribution < 1.29 is 14.3 Å². The Labute approximate surface area is 170 Å². The molecule has 9 heteroatoms. The van der Waals surface area contributed by atoms with Gasteiger partial charge in [0.2, 0.25) is 5.95 Å². The van der Waals surface area contributed by atoms with Gasteiger partial charge in [-0.3, -0.25) is 0 Å². The molecule has 0 bridgehead atoms. The van der Waals surface area contributed by atoms with Crippen LogP contribution >= 0.6 is 0 Å². The van der Waals surface area contributed by atoms with Crippen LogP contribution in [-0.2, 0) is 4.74 Å². The molecule has 29 heavy (non-hydrogen) atoms. The molecule has 2 saturated heterocycles. The molecule has 2 aromatic rings. The van der Waals surface area contributed by atoms with Gasteiger partial charge in [-0.15, -0.1) is 0 Å². The molecule has 154 valence electrons. The fourth-order valence-corrected chi connectivity index (χ4v) is 3.47. The Bertz CT molecular complexity index is 834. The first-order chi connectivity index (χ1) is 14.2. The Morgan fingerprint density at radius 3 is 2.62 bits per heavy atom. The third kappa shape index (κ3) is 4.68. The summed E-state index contributed by atoms with van der Waals surface area (Å²) >= 11 is 0. The van der Waals surface area contributed by atoms with E-state index in [1.807, 2.05) is 35.2 Å². The maximum atomic E-state index is 12.6. The van der Waals surface area contributed by atoms with Crippen LogP contribution in [0.3, 0.4) is 0 Å². The Balaban J connectivity index is 1.33. The average molecular weight is 398 g/mol. The highest BCUT2D eigenvalue weighted by molar-refractivity contribution is 5.89. The number of benzene rings is 1. The van der Waals surface area contributed by atoms with Crippen molar-refractivity contribution in [1.82, 2.24) is 14.9 Å². The molecule has 1 aromatic carbocycles.